The third-order valence-electron chi connectivity index (χ3n) is 2.73. The Morgan fingerprint density at radius 3 is 2.61 bits per heavy atom. The van der Waals surface area contributed by atoms with E-state index in [1.54, 1.807) is 0 Å². The third kappa shape index (κ3) is 5.08. The Kier molecular flexibility index (Phi) is 5.20. The molecule has 18 heavy (non-hydrogen) atoms. The zero-order valence-electron chi connectivity index (χ0n) is 12.7. The van der Waals surface area contributed by atoms with Crippen LogP contribution < -0.4 is 5.32 Å². The molecule has 0 radical (unpaired) electrons. The molecule has 0 aliphatic rings. The van der Waals surface area contributed by atoms with Crippen LogP contribution in [0.15, 0.2) is 12.4 Å². The van der Waals surface area contributed by atoms with Crippen molar-refractivity contribution in [3.63, 3.8) is 0 Å². The number of rotatable bonds is 7. The predicted molar refractivity (Wildman–Crippen MR) is 77.9 cm³/mol. The molecule has 1 rings (SSSR count). The highest BCUT2D eigenvalue weighted by molar-refractivity contribution is 5.25. The number of aromatic nitrogens is 2. The molecule has 0 aromatic carbocycles. The average Bonchev–Trinajstić information content (AvgIpc) is 2.59. The van der Waals surface area contributed by atoms with Gasteiger partial charge in [0.1, 0.15) is 0 Å². The van der Waals surface area contributed by atoms with E-state index in [1.165, 1.54) is 0 Å². The van der Waals surface area contributed by atoms with Crippen LogP contribution in [0.4, 0.5) is 5.95 Å². The summed E-state index contributed by atoms with van der Waals surface area (Å²) in [7, 11) is 4.24. The number of nitrogens with one attached hydrogen (secondary N) is 1. The molecule has 0 fully saturated rings. The van der Waals surface area contributed by atoms with Crippen molar-refractivity contribution in [1.82, 2.24) is 14.5 Å². The lowest BCUT2D eigenvalue weighted by molar-refractivity contribution is 0.212. The molecule has 1 aromatic rings. The van der Waals surface area contributed by atoms with E-state index in [4.69, 9.17) is 0 Å². The van der Waals surface area contributed by atoms with Crippen LogP contribution in [0.25, 0.3) is 0 Å². The van der Waals surface area contributed by atoms with E-state index in [-0.39, 0.29) is 5.41 Å². The minimum absolute atomic E-state index is 0.235. The van der Waals surface area contributed by atoms with Crippen LogP contribution in [0, 0.1) is 11.3 Å². The molecule has 4 nitrogen and oxygen atoms in total. The monoisotopic (exact) mass is 252 g/mol. The van der Waals surface area contributed by atoms with Crippen LogP contribution >= 0.6 is 0 Å². The fourth-order valence-corrected chi connectivity index (χ4v) is 2.27. The van der Waals surface area contributed by atoms with Crippen molar-refractivity contribution in [2.75, 3.05) is 32.5 Å². The molecule has 0 unspecified atom stereocenters. The van der Waals surface area contributed by atoms with Crippen molar-refractivity contribution in [3.05, 3.63) is 12.4 Å². The van der Waals surface area contributed by atoms with Gasteiger partial charge in [-0.05, 0) is 25.4 Å². The molecular weight excluding hydrogens is 224 g/mol. The zero-order chi connectivity index (χ0) is 13.8. The van der Waals surface area contributed by atoms with Gasteiger partial charge in [-0.1, -0.05) is 27.7 Å². The van der Waals surface area contributed by atoms with Gasteiger partial charge in [0.2, 0.25) is 5.95 Å². The molecule has 0 aliphatic heterocycles. The van der Waals surface area contributed by atoms with Gasteiger partial charge in [0.15, 0.2) is 0 Å². The molecule has 1 heterocycles. The highest BCUT2D eigenvalue weighted by atomic mass is 15.2. The van der Waals surface area contributed by atoms with Crippen LogP contribution in [0.2, 0.25) is 0 Å². The standard InChI is InChI=1S/C14H28N4/c1-12(2)9-16-13-15-7-8-18(13)11-14(3,4)10-17(5)6/h7-8,12H,9-11H2,1-6H3,(H,15,16). The predicted octanol–water partition coefficient (Wildman–Crippen LogP) is 2.54. The number of hydrogen-bond acceptors (Lipinski definition) is 3. The summed E-state index contributed by atoms with van der Waals surface area (Å²) in [6, 6.07) is 0. The first-order valence-electron chi connectivity index (χ1n) is 6.70. The summed E-state index contributed by atoms with van der Waals surface area (Å²) in [4.78, 5) is 6.62. The van der Waals surface area contributed by atoms with Crippen LogP contribution in [0.3, 0.4) is 0 Å². The quantitative estimate of drug-likeness (QED) is 0.809. The highest BCUT2D eigenvalue weighted by Crippen LogP contribution is 2.21. The van der Waals surface area contributed by atoms with Crippen LogP contribution in [0.5, 0.6) is 0 Å². The van der Waals surface area contributed by atoms with Crippen LogP contribution in [0.1, 0.15) is 27.7 Å². The Morgan fingerprint density at radius 1 is 1.39 bits per heavy atom. The Labute approximate surface area is 111 Å². The van der Waals surface area contributed by atoms with Gasteiger partial charge >= 0.3 is 0 Å². The first kappa shape index (κ1) is 15.0. The van der Waals surface area contributed by atoms with Gasteiger partial charge in [-0.2, -0.15) is 0 Å². The van der Waals surface area contributed by atoms with E-state index in [1.807, 2.05) is 6.20 Å². The van der Waals surface area contributed by atoms with Gasteiger partial charge in [0.05, 0.1) is 0 Å². The molecule has 1 N–H and O–H groups in total. The summed E-state index contributed by atoms with van der Waals surface area (Å²) in [6.45, 7) is 12.0. The average molecular weight is 252 g/mol. The van der Waals surface area contributed by atoms with Crippen molar-refractivity contribution in [2.45, 2.75) is 34.2 Å². The number of hydrogen-bond donors (Lipinski definition) is 1. The van der Waals surface area contributed by atoms with Crippen molar-refractivity contribution >= 4 is 5.95 Å². The maximum atomic E-state index is 4.39. The molecule has 0 amide bonds. The van der Waals surface area contributed by atoms with Crippen LogP contribution in [-0.4, -0.2) is 41.6 Å². The molecule has 0 saturated carbocycles. The third-order valence-corrected chi connectivity index (χ3v) is 2.73. The largest absolute Gasteiger partial charge is 0.355 e. The van der Waals surface area contributed by atoms with Gasteiger partial charge in [0.25, 0.3) is 0 Å². The molecule has 4 heteroatoms. The molecule has 0 saturated heterocycles. The number of anilines is 1. The summed E-state index contributed by atoms with van der Waals surface area (Å²) >= 11 is 0. The van der Waals surface area contributed by atoms with Gasteiger partial charge in [0, 0.05) is 32.0 Å². The second kappa shape index (κ2) is 6.23. The van der Waals surface area contributed by atoms with Crippen molar-refractivity contribution in [1.29, 1.82) is 0 Å². The first-order chi connectivity index (χ1) is 8.30. The maximum absolute atomic E-state index is 4.39. The molecule has 104 valence electrons. The lowest BCUT2D eigenvalue weighted by Gasteiger charge is -2.29. The van der Waals surface area contributed by atoms with Crippen molar-refractivity contribution in [2.24, 2.45) is 11.3 Å². The maximum Gasteiger partial charge on any atom is 0.202 e. The smallest absolute Gasteiger partial charge is 0.202 e. The summed E-state index contributed by atoms with van der Waals surface area (Å²) < 4.78 is 2.21. The second-order valence-corrected chi connectivity index (χ2v) is 6.56. The second-order valence-electron chi connectivity index (χ2n) is 6.56. The first-order valence-corrected chi connectivity index (χ1v) is 6.70. The van der Waals surface area contributed by atoms with E-state index >= 15 is 0 Å². The zero-order valence-corrected chi connectivity index (χ0v) is 12.7. The molecule has 1 aromatic heterocycles. The van der Waals surface area contributed by atoms with E-state index < -0.39 is 0 Å². The van der Waals surface area contributed by atoms with E-state index in [9.17, 15) is 0 Å². The summed E-state index contributed by atoms with van der Waals surface area (Å²) in [5, 5.41) is 3.41. The van der Waals surface area contributed by atoms with Crippen LogP contribution in [-0.2, 0) is 6.54 Å². The Morgan fingerprint density at radius 2 is 2.06 bits per heavy atom. The fourth-order valence-electron chi connectivity index (χ4n) is 2.27. The van der Waals surface area contributed by atoms with Gasteiger partial charge < -0.3 is 14.8 Å². The van der Waals surface area contributed by atoms with Gasteiger partial charge in [-0.25, -0.2) is 4.98 Å². The van der Waals surface area contributed by atoms with Crippen molar-refractivity contribution in [3.8, 4) is 0 Å². The number of nitrogens with zero attached hydrogens (tertiary/aromatic N) is 3. The van der Waals surface area contributed by atoms with Gasteiger partial charge in [-0.15, -0.1) is 0 Å². The van der Waals surface area contributed by atoms with Gasteiger partial charge in [-0.3, -0.25) is 0 Å². The summed E-state index contributed by atoms with van der Waals surface area (Å²) in [5.41, 5.74) is 0.235. The highest BCUT2D eigenvalue weighted by Gasteiger charge is 2.20. The topological polar surface area (TPSA) is 33.1 Å². The number of imidazole rings is 1. The fraction of sp³-hybridized carbons (Fsp3) is 0.786. The van der Waals surface area contributed by atoms with E-state index in [2.05, 4.69) is 67.8 Å². The minimum Gasteiger partial charge on any atom is -0.355 e. The summed E-state index contributed by atoms with van der Waals surface area (Å²) in [6.07, 6.45) is 3.93. The minimum atomic E-state index is 0.235. The molecule has 0 bridgehead atoms. The Balaban J connectivity index is 2.64. The summed E-state index contributed by atoms with van der Waals surface area (Å²) in [5.74, 6) is 1.61. The molecule has 0 atom stereocenters. The van der Waals surface area contributed by atoms with E-state index in [0.717, 1.165) is 25.6 Å². The SMILES string of the molecule is CC(C)CNc1nccn1CC(C)(C)CN(C)C. The lowest BCUT2D eigenvalue weighted by atomic mass is 9.93. The molecule has 0 spiro atoms. The molecule has 0 aliphatic carbocycles. The van der Waals surface area contributed by atoms with Crippen molar-refractivity contribution < 1.29 is 0 Å². The molecular formula is C14H28N4. The Bertz CT molecular complexity index is 352. The normalized spacial score (nSPS) is 12.4. The van der Waals surface area contributed by atoms with E-state index in [0.29, 0.717) is 5.92 Å². The Hall–Kier alpha value is -1.03. The lowest BCUT2D eigenvalue weighted by Crippen LogP contribution is -2.32.